The number of Topliss-reactive ketones (excluding diaryl/α,β-unsaturated/α-hetero) is 1. The van der Waals surface area contributed by atoms with Gasteiger partial charge in [-0.3, -0.25) is 4.79 Å². The third-order valence-electron chi connectivity index (χ3n) is 2.73. The molecule has 1 aliphatic heterocycles. The van der Waals surface area contributed by atoms with Crippen LogP contribution in [-0.2, 0) is 4.74 Å². The van der Waals surface area contributed by atoms with Crippen LogP contribution in [0.2, 0.25) is 0 Å². The number of morpholine rings is 1. The van der Waals surface area contributed by atoms with Gasteiger partial charge in [0.25, 0.3) is 0 Å². The van der Waals surface area contributed by atoms with Crippen LogP contribution in [0, 0.1) is 18.9 Å². The number of carbonyl (C=O) groups excluding carboxylic acids is 1. The first-order chi connectivity index (χ1) is 8.27. The fourth-order valence-corrected chi connectivity index (χ4v) is 1.70. The molecule has 0 amide bonds. The summed E-state index contributed by atoms with van der Waals surface area (Å²) in [5.41, 5.74) is 1.65. The lowest BCUT2D eigenvalue weighted by Gasteiger charge is -2.22. The van der Waals surface area contributed by atoms with Gasteiger partial charge < -0.3 is 9.64 Å². The van der Waals surface area contributed by atoms with E-state index in [9.17, 15) is 4.79 Å². The van der Waals surface area contributed by atoms with E-state index in [1.807, 2.05) is 36.1 Å². The highest BCUT2D eigenvalue weighted by Gasteiger charge is 2.07. The lowest BCUT2D eigenvalue weighted by molar-refractivity contribution is 0.0637. The number of ether oxygens (including phenoxy) is 1. The Labute approximate surface area is 101 Å². The van der Waals surface area contributed by atoms with Gasteiger partial charge in [-0.1, -0.05) is 24.3 Å². The Morgan fingerprint density at radius 2 is 2.00 bits per heavy atom. The molecule has 0 unspecified atom stereocenters. The number of benzene rings is 1. The van der Waals surface area contributed by atoms with Crippen molar-refractivity contribution in [3.05, 3.63) is 35.4 Å². The van der Waals surface area contributed by atoms with Crippen molar-refractivity contribution in [3.8, 4) is 12.0 Å². The smallest absolute Gasteiger partial charge is 0.237 e. The summed E-state index contributed by atoms with van der Waals surface area (Å²) < 4.78 is 5.22. The minimum atomic E-state index is -0.116. The maximum Gasteiger partial charge on any atom is 0.237 e. The highest BCUT2D eigenvalue weighted by atomic mass is 16.5. The van der Waals surface area contributed by atoms with Crippen LogP contribution in [0.25, 0.3) is 0 Å². The fraction of sp³-hybridized carbons (Fsp3) is 0.357. The Bertz CT molecular complexity index is 465. The maximum absolute atomic E-state index is 11.9. The molecule has 2 rings (SSSR count). The minimum Gasteiger partial charge on any atom is -0.378 e. The first-order valence-electron chi connectivity index (χ1n) is 5.71. The molecule has 1 aliphatic rings. The number of rotatable bonds is 1. The average molecular weight is 229 g/mol. The van der Waals surface area contributed by atoms with Gasteiger partial charge in [-0.25, -0.2) is 0 Å². The van der Waals surface area contributed by atoms with E-state index < -0.39 is 0 Å². The molecule has 0 aliphatic carbocycles. The summed E-state index contributed by atoms with van der Waals surface area (Å²) in [6.07, 6.45) is 0. The molecular weight excluding hydrogens is 214 g/mol. The largest absolute Gasteiger partial charge is 0.378 e. The Morgan fingerprint density at radius 3 is 2.71 bits per heavy atom. The van der Waals surface area contributed by atoms with Crippen molar-refractivity contribution < 1.29 is 9.53 Å². The molecule has 0 N–H and O–H groups in total. The standard InChI is InChI=1S/C14H15NO2/c1-12-4-2-3-5-13(12)14(16)6-7-15-8-10-17-11-9-15/h2-5H,8-11H2,1H3. The van der Waals surface area contributed by atoms with Crippen molar-refractivity contribution in [1.82, 2.24) is 4.90 Å². The summed E-state index contributed by atoms with van der Waals surface area (Å²) in [7, 11) is 0. The van der Waals surface area contributed by atoms with Crippen LogP contribution >= 0.6 is 0 Å². The van der Waals surface area contributed by atoms with Crippen molar-refractivity contribution in [2.24, 2.45) is 0 Å². The van der Waals surface area contributed by atoms with Gasteiger partial charge in [0.05, 0.1) is 13.2 Å². The Balaban J connectivity index is 2.06. The monoisotopic (exact) mass is 229 g/mol. The van der Waals surface area contributed by atoms with Crippen molar-refractivity contribution in [1.29, 1.82) is 0 Å². The summed E-state index contributed by atoms with van der Waals surface area (Å²) in [6, 6.07) is 10.4. The minimum absolute atomic E-state index is 0.116. The molecule has 0 bridgehead atoms. The van der Waals surface area contributed by atoms with Crippen LogP contribution in [0.4, 0.5) is 0 Å². The lowest BCUT2D eigenvalue weighted by atomic mass is 10.1. The predicted molar refractivity (Wildman–Crippen MR) is 65.7 cm³/mol. The Morgan fingerprint density at radius 1 is 1.29 bits per heavy atom. The molecule has 1 fully saturated rings. The van der Waals surface area contributed by atoms with Crippen LogP contribution < -0.4 is 0 Å². The summed E-state index contributed by atoms with van der Waals surface area (Å²) in [6.45, 7) is 4.84. The van der Waals surface area contributed by atoms with Gasteiger partial charge in [-0.2, -0.15) is 0 Å². The van der Waals surface area contributed by atoms with Crippen LogP contribution in [0.5, 0.6) is 0 Å². The second kappa shape index (κ2) is 5.51. The predicted octanol–water partition coefficient (Wildman–Crippen LogP) is 1.47. The molecule has 1 aromatic carbocycles. The van der Waals surface area contributed by atoms with Gasteiger partial charge in [0.15, 0.2) is 0 Å². The van der Waals surface area contributed by atoms with Crippen LogP contribution in [0.3, 0.4) is 0 Å². The SMILES string of the molecule is Cc1ccccc1C(=O)C#CN1CCOCC1. The molecule has 0 saturated carbocycles. The van der Waals surface area contributed by atoms with E-state index in [4.69, 9.17) is 4.74 Å². The maximum atomic E-state index is 11.9. The third-order valence-corrected chi connectivity index (χ3v) is 2.73. The molecule has 0 aromatic heterocycles. The Hall–Kier alpha value is -1.79. The van der Waals surface area contributed by atoms with Crippen LogP contribution in [-0.4, -0.2) is 37.0 Å². The second-order valence-corrected chi connectivity index (χ2v) is 3.98. The van der Waals surface area contributed by atoms with Crippen molar-refractivity contribution in [2.45, 2.75) is 6.92 Å². The molecule has 17 heavy (non-hydrogen) atoms. The zero-order chi connectivity index (χ0) is 12.1. The van der Waals surface area contributed by atoms with E-state index in [1.54, 1.807) is 0 Å². The van der Waals surface area contributed by atoms with E-state index in [2.05, 4.69) is 12.0 Å². The van der Waals surface area contributed by atoms with Gasteiger partial charge >= 0.3 is 0 Å². The third kappa shape index (κ3) is 3.08. The molecule has 3 nitrogen and oxygen atoms in total. The first-order valence-corrected chi connectivity index (χ1v) is 5.71. The van der Waals surface area contributed by atoms with E-state index in [0.717, 1.165) is 18.7 Å². The van der Waals surface area contributed by atoms with Gasteiger partial charge in [0.1, 0.15) is 0 Å². The number of hydrogen-bond donors (Lipinski definition) is 0. The molecule has 0 atom stereocenters. The van der Waals surface area contributed by atoms with Crippen LogP contribution in [0.15, 0.2) is 24.3 Å². The number of carbonyl (C=O) groups is 1. The summed E-state index contributed by atoms with van der Waals surface area (Å²) in [4.78, 5) is 13.8. The number of ketones is 1. The second-order valence-electron chi connectivity index (χ2n) is 3.98. The molecule has 1 aromatic rings. The zero-order valence-corrected chi connectivity index (χ0v) is 9.90. The average Bonchev–Trinajstić information content (AvgIpc) is 2.38. The number of nitrogens with zero attached hydrogens (tertiary/aromatic N) is 1. The number of hydrogen-bond acceptors (Lipinski definition) is 3. The quantitative estimate of drug-likeness (QED) is 0.539. The van der Waals surface area contributed by atoms with Gasteiger partial charge in [-0.15, -0.1) is 0 Å². The molecule has 0 spiro atoms. The Kier molecular flexibility index (Phi) is 3.79. The molecule has 1 saturated heterocycles. The fourth-order valence-electron chi connectivity index (χ4n) is 1.70. The summed E-state index contributed by atoms with van der Waals surface area (Å²) in [5, 5.41) is 0. The highest BCUT2D eigenvalue weighted by Crippen LogP contribution is 2.07. The lowest BCUT2D eigenvalue weighted by Crippen LogP contribution is -2.32. The molecule has 88 valence electrons. The van der Waals surface area contributed by atoms with Crippen molar-refractivity contribution in [2.75, 3.05) is 26.3 Å². The zero-order valence-electron chi connectivity index (χ0n) is 9.90. The van der Waals surface area contributed by atoms with Gasteiger partial charge in [-0.05, 0) is 18.4 Å². The topological polar surface area (TPSA) is 29.5 Å². The summed E-state index contributed by atoms with van der Waals surface area (Å²) >= 11 is 0. The molecular formula is C14H15NO2. The van der Waals surface area contributed by atoms with E-state index in [0.29, 0.717) is 18.8 Å². The summed E-state index contributed by atoms with van der Waals surface area (Å²) in [5.74, 6) is 2.57. The first kappa shape index (κ1) is 11.7. The molecule has 0 radical (unpaired) electrons. The molecule has 3 heteroatoms. The van der Waals surface area contributed by atoms with E-state index in [-0.39, 0.29) is 5.78 Å². The van der Waals surface area contributed by atoms with Gasteiger partial charge in [0, 0.05) is 24.7 Å². The van der Waals surface area contributed by atoms with Crippen molar-refractivity contribution >= 4 is 5.78 Å². The highest BCUT2D eigenvalue weighted by molar-refractivity contribution is 6.09. The normalized spacial score (nSPS) is 15.0. The molecule has 1 heterocycles. The van der Waals surface area contributed by atoms with E-state index in [1.165, 1.54) is 0 Å². The number of aryl methyl sites for hydroxylation is 1. The van der Waals surface area contributed by atoms with Crippen LogP contribution in [0.1, 0.15) is 15.9 Å². The van der Waals surface area contributed by atoms with Crippen molar-refractivity contribution in [3.63, 3.8) is 0 Å². The van der Waals surface area contributed by atoms with Gasteiger partial charge in [0.2, 0.25) is 5.78 Å². The van der Waals surface area contributed by atoms with E-state index >= 15 is 0 Å².